The zero-order valence-corrected chi connectivity index (χ0v) is 21.7. The smallest absolute Gasteiger partial charge is 0.337 e. The van der Waals surface area contributed by atoms with E-state index in [0.717, 1.165) is 11.1 Å². The van der Waals surface area contributed by atoms with Crippen molar-refractivity contribution in [2.45, 2.75) is 38.4 Å². The van der Waals surface area contributed by atoms with Crippen LogP contribution in [0.4, 0.5) is 0 Å². The Morgan fingerprint density at radius 3 is 2.32 bits per heavy atom. The Morgan fingerprint density at radius 1 is 0.921 bits per heavy atom. The Kier molecular flexibility index (Phi) is 10.2. The highest BCUT2D eigenvalue weighted by molar-refractivity contribution is 5.95. The highest BCUT2D eigenvalue weighted by Crippen LogP contribution is 2.25. The number of pyridine rings is 1. The second kappa shape index (κ2) is 14.2. The fraction of sp³-hybridized carbons (Fsp3) is 0.290. The van der Waals surface area contributed by atoms with Gasteiger partial charge in [0.2, 0.25) is 5.88 Å². The van der Waals surface area contributed by atoms with E-state index >= 15 is 0 Å². The summed E-state index contributed by atoms with van der Waals surface area (Å²) in [5, 5.41) is 0. The van der Waals surface area contributed by atoms with Crippen molar-refractivity contribution in [2.75, 3.05) is 20.3 Å². The minimum Gasteiger partial charge on any atom is -0.481 e. The van der Waals surface area contributed by atoms with Crippen LogP contribution in [0.2, 0.25) is 0 Å². The molecule has 2 heterocycles. The molecule has 7 heteroatoms. The van der Waals surface area contributed by atoms with Gasteiger partial charge in [-0.05, 0) is 30.2 Å². The molecular formula is C31H33NO6. The minimum absolute atomic E-state index is 0.241. The van der Waals surface area contributed by atoms with Crippen molar-refractivity contribution in [1.82, 2.24) is 4.98 Å². The number of hydrogen-bond acceptors (Lipinski definition) is 7. The average molecular weight is 516 g/mol. The molecule has 198 valence electrons. The van der Waals surface area contributed by atoms with Crippen LogP contribution in [-0.2, 0) is 37.0 Å². The number of aromatic nitrogens is 1. The summed E-state index contributed by atoms with van der Waals surface area (Å²) >= 11 is 0. The molecule has 1 aliphatic rings. The first-order chi connectivity index (χ1) is 18.7. The Hall–Kier alpha value is -3.78. The van der Waals surface area contributed by atoms with E-state index in [9.17, 15) is 4.79 Å². The summed E-state index contributed by atoms with van der Waals surface area (Å²) in [5.41, 5.74) is 3.01. The van der Waals surface area contributed by atoms with Gasteiger partial charge in [0.1, 0.15) is 18.3 Å². The van der Waals surface area contributed by atoms with Crippen LogP contribution in [0.15, 0.2) is 96.6 Å². The number of hydrogen-bond donors (Lipinski definition) is 0. The summed E-state index contributed by atoms with van der Waals surface area (Å²) in [6.45, 7) is 3.15. The zero-order chi connectivity index (χ0) is 26.6. The predicted molar refractivity (Wildman–Crippen MR) is 144 cm³/mol. The SMILES string of the molecule is CCOC(=O)/C(=C/c1cccc(OC)n1)[C@H]1C=C[C@H](OCc2ccccc2)[C@@H](COCc2ccccc2)O1. The van der Waals surface area contributed by atoms with E-state index in [-0.39, 0.29) is 19.3 Å². The standard InChI is InChI=1S/C31H33NO6/c1-3-36-31(33)26(19-25-15-10-16-30(32-25)34-2)27-17-18-28(37-21-24-13-8-5-9-14-24)29(38-27)22-35-20-23-11-6-4-7-12-23/h4-19,27-29H,3,20-22H2,1-2H3/b26-19+/t27-,28+,29-/m1/s1. The lowest BCUT2D eigenvalue weighted by molar-refractivity contribution is -0.143. The normalized spacial score (nSPS) is 19.2. The quantitative estimate of drug-likeness (QED) is 0.187. The Bertz CT molecular complexity index is 1210. The highest BCUT2D eigenvalue weighted by Gasteiger charge is 2.33. The molecule has 0 radical (unpaired) electrons. The third-order valence-corrected chi connectivity index (χ3v) is 5.92. The lowest BCUT2D eigenvalue weighted by Crippen LogP contribution is -2.41. The molecule has 0 fully saturated rings. The van der Waals surface area contributed by atoms with Crippen molar-refractivity contribution in [3.05, 3.63) is 113 Å². The van der Waals surface area contributed by atoms with Crippen LogP contribution in [0.3, 0.4) is 0 Å². The van der Waals surface area contributed by atoms with E-state index in [1.165, 1.54) is 0 Å². The molecule has 0 N–H and O–H groups in total. The lowest BCUT2D eigenvalue weighted by atomic mass is 10.0. The van der Waals surface area contributed by atoms with Gasteiger partial charge < -0.3 is 23.7 Å². The van der Waals surface area contributed by atoms with Crippen LogP contribution in [0, 0.1) is 0 Å². The van der Waals surface area contributed by atoms with Gasteiger partial charge in [-0.25, -0.2) is 9.78 Å². The number of benzene rings is 2. The predicted octanol–water partition coefficient (Wildman–Crippen LogP) is 5.16. The third-order valence-electron chi connectivity index (χ3n) is 5.92. The molecule has 4 rings (SSSR count). The second-order valence-electron chi connectivity index (χ2n) is 8.67. The highest BCUT2D eigenvalue weighted by atomic mass is 16.6. The van der Waals surface area contributed by atoms with E-state index in [1.54, 1.807) is 32.2 Å². The average Bonchev–Trinajstić information content (AvgIpc) is 2.96. The summed E-state index contributed by atoms with van der Waals surface area (Å²) in [7, 11) is 1.55. The number of nitrogens with zero attached hydrogens (tertiary/aromatic N) is 1. The van der Waals surface area contributed by atoms with Gasteiger partial charge in [-0.3, -0.25) is 0 Å². The number of ether oxygens (including phenoxy) is 5. The summed E-state index contributed by atoms with van der Waals surface area (Å²) in [6, 6.07) is 25.2. The van der Waals surface area contributed by atoms with Crippen molar-refractivity contribution in [2.24, 2.45) is 0 Å². The van der Waals surface area contributed by atoms with E-state index in [4.69, 9.17) is 23.7 Å². The molecular weight excluding hydrogens is 482 g/mol. The van der Waals surface area contributed by atoms with Crippen LogP contribution in [-0.4, -0.2) is 49.6 Å². The molecule has 1 aliphatic heterocycles. The topological polar surface area (TPSA) is 76.1 Å². The summed E-state index contributed by atoms with van der Waals surface area (Å²) in [5.74, 6) is -0.0250. The van der Waals surface area contributed by atoms with Gasteiger partial charge in [-0.2, -0.15) is 0 Å². The van der Waals surface area contributed by atoms with Crippen molar-refractivity contribution in [3.63, 3.8) is 0 Å². The molecule has 2 aromatic carbocycles. The largest absolute Gasteiger partial charge is 0.481 e. The van der Waals surface area contributed by atoms with Crippen LogP contribution in [0.25, 0.3) is 6.08 Å². The molecule has 0 saturated carbocycles. The van der Waals surface area contributed by atoms with Gasteiger partial charge in [0.05, 0.1) is 44.8 Å². The van der Waals surface area contributed by atoms with Crippen molar-refractivity contribution in [1.29, 1.82) is 0 Å². The molecule has 0 saturated heterocycles. The molecule has 0 aliphatic carbocycles. The molecule has 0 unspecified atom stereocenters. The number of esters is 1. The maximum atomic E-state index is 13.0. The van der Waals surface area contributed by atoms with Gasteiger partial charge in [0.25, 0.3) is 0 Å². The van der Waals surface area contributed by atoms with Gasteiger partial charge in [-0.1, -0.05) is 78.9 Å². The van der Waals surface area contributed by atoms with E-state index in [1.807, 2.05) is 78.9 Å². The molecule has 0 spiro atoms. The first-order valence-corrected chi connectivity index (χ1v) is 12.7. The van der Waals surface area contributed by atoms with Crippen molar-refractivity contribution < 1.29 is 28.5 Å². The Morgan fingerprint density at radius 2 is 1.63 bits per heavy atom. The van der Waals surface area contributed by atoms with Crippen LogP contribution >= 0.6 is 0 Å². The van der Waals surface area contributed by atoms with E-state index in [0.29, 0.717) is 30.4 Å². The van der Waals surface area contributed by atoms with Crippen LogP contribution < -0.4 is 4.74 Å². The molecule has 7 nitrogen and oxygen atoms in total. The summed E-state index contributed by atoms with van der Waals surface area (Å²) < 4.78 is 29.2. The minimum atomic E-state index is -0.663. The molecule has 1 aromatic heterocycles. The van der Waals surface area contributed by atoms with Crippen molar-refractivity contribution in [3.8, 4) is 5.88 Å². The number of carbonyl (C=O) groups is 1. The van der Waals surface area contributed by atoms with Gasteiger partial charge in [-0.15, -0.1) is 0 Å². The van der Waals surface area contributed by atoms with Crippen LogP contribution in [0.5, 0.6) is 5.88 Å². The third kappa shape index (κ3) is 7.86. The van der Waals surface area contributed by atoms with E-state index in [2.05, 4.69) is 4.98 Å². The number of rotatable bonds is 12. The fourth-order valence-corrected chi connectivity index (χ4v) is 4.01. The number of methoxy groups -OCH3 is 1. The summed E-state index contributed by atoms with van der Waals surface area (Å²) in [6.07, 6.45) is 3.95. The Labute approximate surface area is 223 Å². The van der Waals surface area contributed by atoms with Gasteiger partial charge in [0, 0.05) is 6.07 Å². The monoisotopic (exact) mass is 515 g/mol. The van der Waals surface area contributed by atoms with Crippen LogP contribution in [0.1, 0.15) is 23.7 Å². The molecule has 3 atom stereocenters. The fourth-order valence-electron chi connectivity index (χ4n) is 4.01. The summed E-state index contributed by atoms with van der Waals surface area (Å²) in [4.78, 5) is 17.4. The Balaban J connectivity index is 1.55. The molecule has 38 heavy (non-hydrogen) atoms. The van der Waals surface area contributed by atoms with Gasteiger partial charge in [0.15, 0.2) is 0 Å². The lowest BCUT2D eigenvalue weighted by Gasteiger charge is -2.33. The number of carbonyl (C=O) groups excluding carboxylic acids is 1. The maximum absolute atomic E-state index is 13.0. The first-order valence-electron chi connectivity index (χ1n) is 12.7. The van der Waals surface area contributed by atoms with Gasteiger partial charge >= 0.3 is 5.97 Å². The zero-order valence-electron chi connectivity index (χ0n) is 21.7. The second-order valence-corrected chi connectivity index (χ2v) is 8.67. The molecule has 0 amide bonds. The first kappa shape index (κ1) is 27.3. The maximum Gasteiger partial charge on any atom is 0.337 e. The molecule has 0 bridgehead atoms. The van der Waals surface area contributed by atoms with Crippen molar-refractivity contribution >= 4 is 12.0 Å². The van der Waals surface area contributed by atoms with E-state index < -0.39 is 18.2 Å². The molecule has 3 aromatic rings.